The lowest BCUT2D eigenvalue weighted by molar-refractivity contribution is -0.120. The summed E-state index contributed by atoms with van der Waals surface area (Å²) < 4.78 is 5.49. The minimum Gasteiger partial charge on any atom is -0.381 e. The van der Waals surface area contributed by atoms with Crippen LogP contribution >= 0.6 is 0 Å². The summed E-state index contributed by atoms with van der Waals surface area (Å²) in [4.78, 5) is 11.5. The first-order valence-corrected chi connectivity index (χ1v) is 7.64. The van der Waals surface area contributed by atoms with Gasteiger partial charge in [-0.25, -0.2) is 0 Å². The number of allylic oxidation sites excluding steroid dienone is 2. The third kappa shape index (κ3) is 9.41. The summed E-state index contributed by atoms with van der Waals surface area (Å²) in [7, 11) is 0. The molecule has 2 heteroatoms. The first-order valence-electron chi connectivity index (χ1n) is 7.64. The van der Waals surface area contributed by atoms with Crippen molar-refractivity contribution < 1.29 is 9.53 Å². The Kier molecular flexibility index (Phi) is 9.82. The fourth-order valence-corrected chi connectivity index (χ4v) is 2.23. The van der Waals surface area contributed by atoms with Crippen LogP contribution in [0.25, 0.3) is 0 Å². The van der Waals surface area contributed by atoms with E-state index in [1.54, 1.807) is 0 Å². The Morgan fingerprint density at radius 3 is 2.17 bits per heavy atom. The third-order valence-electron chi connectivity index (χ3n) is 3.43. The molecule has 1 aliphatic heterocycles. The maximum absolute atomic E-state index is 11.5. The second kappa shape index (κ2) is 11.5. The van der Waals surface area contributed by atoms with Crippen LogP contribution in [0.3, 0.4) is 0 Å². The largest absolute Gasteiger partial charge is 0.381 e. The van der Waals surface area contributed by atoms with Gasteiger partial charge in [0.15, 0.2) is 0 Å². The van der Waals surface area contributed by atoms with Crippen molar-refractivity contribution in [3.05, 3.63) is 12.2 Å². The molecule has 0 aromatic carbocycles. The van der Waals surface area contributed by atoms with Gasteiger partial charge in [-0.2, -0.15) is 0 Å². The highest BCUT2D eigenvalue weighted by molar-refractivity contribution is 5.78. The lowest BCUT2D eigenvalue weighted by atomic mass is 10.1. The van der Waals surface area contributed by atoms with E-state index >= 15 is 0 Å². The van der Waals surface area contributed by atoms with Crippen molar-refractivity contribution in [2.45, 2.75) is 70.6 Å². The van der Waals surface area contributed by atoms with Crippen LogP contribution in [0.5, 0.6) is 0 Å². The quantitative estimate of drug-likeness (QED) is 0.596. The molecule has 18 heavy (non-hydrogen) atoms. The Hall–Kier alpha value is -0.630. The van der Waals surface area contributed by atoms with Crippen molar-refractivity contribution in [1.29, 1.82) is 0 Å². The van der Waals surface area contributed by atoms with Gasteiger partial charge in [-0.05, 0) is 38.5 Å². The molecule has 0 unspecified atom stereocenters. The number of carbonyl (C=O) groups is 1. The summed E-state index contributed by atoms with van der Waals surface area (Å²) in [6.07, 6.45) is 16.8. The Balaban J connectivity index is 2.17. The maximum Gasteiger partial charge on any atom is 0.135 e. The van der Waals surface area contributed by atoms with Gasteiger partial charge in [0.2, 0.25) is 0 Å². The molecule has 0 N–H and O–H groups in total. The van der Waals surface area contributed by atoms with Crippen LogP contribution in [0, 0.1) is 0 Å². The van der Waals surface area contributed by atoms with E-state index in [9.17, 15) is 4.79 Å². The minimum atomic E-state index is 0.370. The number of ether oxygens (including phenoxy) is 1. The number of Topliss-reactive ketones (excluding diaryl/α,β-unsaturated/α-hetero) is 1. The molecule has 0 saturated carbocycles. The predicted molar refractivity (Wildman–Crippen MR) is 75.8 cm³/mol. The van der Waals surface area contributed by atoms with Crippen LogP contribution in [-0.2, 0) is 9.53 Å². The molecule has 0 atom stereocenters. The van der Waals surface area contributed by atoms with Crippen LogP contribution in [0.15, 0.2) is 12.2 Å². The van der Waals surface area contributed by atoms with Crippen LogP contribution in [0.2, 0.25) is 0 Å². The average Bonchev–Trinajstić information content (AvgIpc) is 2.37. The van der Waals surface area contributed by atoms with Crippen LogP contribution in [0.4, 0.5) is 0 Å². The van der Waals surface area contributed by atoms with Gasteiger partial charge < -0.3 is 4.74 Å². The van der Waals surface area contributed by atoms with E-state index < -0.39 is 0 Å². The molecule has 0 spiro atoms. The zero-order chi connectivity index (χ0) is 12.9. The SMILES string of the molecule is O=C1CCCCCC=CCCCCCCOCC1. The molecule has 0 aromatic heterocycles. The van der Waals surface area contributed by atoms with Crippen LogP contribution in [-0.4, -0.2) is 19.0 Å². The Labute approximate surface area is 112 Å². The monoisotopic (exact) mass is 252 g/mol. The number of carbonyl (C=O) groups excluding carboxylic acids is 1. The number of hydrogen-bond acceptors (Lipinski definition) is 2. The summed E-state index contributed by atoms with van der Waals surface area (Å²) in [5.41, 5.74) is 0. The fourth-order valence-electron chi connectivity index (χ4n) is 2.23. The van der Waals surface area contributed by atoms with Crippen molar-refractivity contribution in [2.24, 2.45) is 0 Å². The molecule has 1 rings (SSSR count). The van der Waals surface area contributed by atoms with Crippen LogP contribution < -0.4 is 0 Å². The van der Waals surface area contributed by atoms with E-state index in [2.05, 4.69) is 12.2 Å². The van der Waals surface area contributed by atoms with Crippen LogP contribution in [0.1, 0.15) is 70.6 Å². The Morgan fingerprint density at radius 2 is 1.39 bits per heavy atom. The van der Waals surface area contributed by atoms with Gasteiger partial charge in [0.05, 0.1) is 6.61 Å². The van der Waals surface area contributed by atoms with Gasteiger partial charge in [-0.15, -0.1) is 0 Å². The van der Waals surface area contributed by atoms with E-state index in [0.717, 1.165) is 25.9 Å². The zero-order valence-electron chi connectivity index (χ0n) is 11.7. The Bertz CT molecular complexity index is 233. The molecule has 0 amide bonds. The van der Waals surface area contributed by atoms with Gasteiger partial charge in [-0.3, -0.25) is 4.79 Å². The third-order valence-corrected chi connectivity index (χ3v) is 3.43. The first kappa shape index (κ1) is 15.4. The molecule has 104 valence electrons. The summed E-state index contributed by atoms with van der Waals surface area (Å²) in [5, 5.41) is 0. The molecule has 2 nitrogen and oxygen atoms in total. The predicted octanol–water partition coefficient (Wildman–Crippen LogP) is 4.43. The van der Waals surface area contributed by atoms with Crippen molar-refractivity contribution >= 4 is 5.78 Å². The van der Waals surface area contributed by atoms with E-state index in [4.69, 9.17) is 4.74 Å². The number of hydrogen-bond donors (Lipinski definition) is 0. The van der Waals surface area contributed by atoms with E-state index in [0.29, 0.717) is 18.8 Å². The second-order valence-electron chi connectivity index (χ2n) is 5.17. The van der Waals surface area contributed by atoms with E-state index in [-0.39, 0.29) is 0 Å². The molecule has 0 aromatic rings. The maximum atomic E-state index is 11.5. The molecular formula is C16H28O2. The smallest absolute Gasteiger partial charge is 0.135 e. The highest BCUT2D eigenvalue weighted by atomic mass is 16.5. The van der Waals surface area contributed by atoms with Crippen molar-refractivity contribution in [3.8, 4) is 0 Å². The molecule has 1 heterocycles. The van der Waals surface area contributed by atoms with E-state index in [1.807, 2.05) is 0 Å². The van der Waals surface area contributed by atoms with Crippen molar-refractivity contribution in [3.63, 3.8) is 0 Å². The Morgan fingerprint density at radius 1 is 0.722 bits per heavy atom. The van der Waals surface area contributed by atoms with Gasteiger partial charge >= 0.3 is 0 Å². The van der Waals surface area contributed by atoms with Gasteiger partial charge in [-0.1, -0.05) is 31.4 Å². The van der Waals surface area contributed by atoms with Crippen molar-refractivity contribution in [1.82, 2.24) is 0 Å². The van der Waals surface area contributed by atoms with Gasteiger partial charge in [0.1, 0.15) is 5.78 Å². The fraction of sp³-hybridized carbons (Fsp3) is 0.812. The standard InChI is InChI=1S/C16H28O2/c17-16-12-10-8-6-4-2-1-3-5-7-9-11-14-18-15-13-16/h1-2H,3-15H2. The number of ketones is 1. The molecule has 0 aliphatic carbocycles. The first-order chi connectivity index (χ1) is 8.89. The molecule has 0 fully saturated rings. The van der Waals surface area contributed by atoms with E-state index in [1.165, 1.54) is 44.9 Å². The molecular weight excluding hydrogens is 224 g/mol. The average molecular weight is 252 g/mol. The highest BCUT2D eigenvalue weighted by Gasteiger charge is 2.01. The molecule has 1 aliphatic rings. The summed E-state index contributed by atoms with van der Waals surface area (Å²) >= 11 is 0. The summed E-state index contributed by atoms with van der Waals surface area (Å²) in [5.74, 6) is 0.370. The highest BCUT2D eigenvalue weighted by Crippen LogP contribution is 2.08. The lowest BCUT2D eigenvalue weighted by Gasteiger charge is -2.04. The topological polar surface area (TPSA) is 26.3 Å². The molecule has 0 radical (unpaired) electrons. The number of rotatable bonds is 0. The van der Waals surface area contributed by atoms with Crippen molar-refractivity contribution in [2.75, 3.05) is 13.2 Å². The van der Waals surface area contributed by atoms with Gasteiger partial charge in [0.25, 0.3) is 0 Å². The molecule has 0 bridgehead atoms. The zero-order valence-corrected chi connectivity index (χ0v) is 11.7. The summed E-state index contributed by atoms with van der Waals surface area (Å²) in [6, 6.07) is 0. The summed E-state index contributed by atoms with van der Waals surface area (Å²) in [6.45, 7) is 1.45. The molecule has 0 saturated heterocycles. The lowest BCUT2D eigenvalue weighted by Crippen LogP contribution is -2.05. The normalized spacial score (nSPS) is 22.6. The second-order valence-corrected chi connectivity index (χ2v) is 5.17. The minimum absolute atomic E-state index is 0.370. The van der Waals surface area contributed by atoms with Gasteiger partial charge in [0, 0.05) is 19.4 Å².